The van der Waals surface area contributed by atoms with Gasteiger partial charge in [-0.05, 0) is 30.5 Å². The van der Waals surface area contributed by atoms with E-state index in [4.69, 9.17) is 4.98 Å². The summed E-state index contributed by atoms with van der Waals surface area (Å²) in [5.74, 6) is 0.677. The van der Waals surface area contributed by atoms with Gasteiger partial charge in [0.1, 0.15) is 0 Å². The molecular formula is C30H32N4O. The Bertz CT molecular complexity index is 1290. The van der Waals surface area contributed by atoms with E-state index in [2.05, 4.69) is 101 Å². The van der Waals surface area contributed by atoms with Gasteiger partial charge >= 0.3 is 0 Å². The first-order valence-electron chi connectivity index (χ1n) is 12.3. The molecule has 0 unspecified atom stereocenters. The van der Waals surface area contributed by atoms with Crippen molar-refractivity contribution in [3.8, 4) is 0 Å². The molecule has 0 atom stereocenters. The zero-order valence-corrected chi connectivity index (χ0v) is 20.4. The van der Waals surface area contributed by atoms with Crippen molar-refractivity contribution in [2.45, 2.75) is 26.3 Å². The third kappa shape index (κ3) is 5.20. The highest BCUT2D eigenvalue weighted by molar-refractivity contribution is 5.37. The highest BCUT2D eigenvalue weighted by Crippen LogP contribution is 2.30. The number of piperazine rings is 1. The molecule has 5 rings (SSSR count). The first-order valence-corrected chi connectivity index (χ1v) is 12.3. The van der Waals surface area contributed by atoms with E-state index < -0.39 is 0 Å². The normalized spacial score (nSPS) is 14.4. The number of H-pyrrole nitrogens is 1. The molecule has 178 valence electrons. The summed E-state index contributed by atoms with van der Waals surface area (Å²) in [6.45, 7) is 7.43. The van der Waals surface area contributed by atoms with Crippen molar-refractivity contribution < 1.29 is 0 Å². The maximum Gasteiger partial charge on any atom is 0.256 e. The van der Waals surface area contributed by atoms with Crippen LogP contribution >= 0.6 is 0 Å². The molecule has 1 saturated heterocycles. The largest absolute Gasteiger partial charge is 0.340 e. The van der Waals surface area contributed by atoms with Crippen molar-refractivity contribution >= 4 is 5.95 Å². The van der Waals surface area contributed by atoms with Gasteiger partial charge in [0.25, 0.3) is 5.56 Å². The Hall–Kier alpha value is -3.70. The van der Waals surface area contributed by atoms with Gasteiger partial charge in [-0.25, -0.2) is 4.98 Å². The molecule has 35 heavy (non-hydrogen) atoms. The predicted octanol–water partition coefficient (Wildman–Crippen LogP) is 4.89. The number of hydrogen-bond donors (Lipinski definition) is 1. The summed E-state index contributed by atoms with van der Waals surface area (Å²) < 4.78 is 0. The lowest BCUT2D eigenvalue weighted by molar-refractivity contribution is 0.211. The second-order valence-corrected chi connectivity index (χ2v) is 9.37. The zero-order chi connectivity index (χ0) is 24.2. The highest BCUT2D eigenvalue weighted by Gasteiger charge is 2.27. The molecule has 1 fully saturated rings. The first-order chi connectivity index (χ1) is 17.1. The third-order valence-corrected chi connectivity index (χ3v) is 6.88. The van der Waals surface area contributed by atoms with Gasteiger partial charge < -0.3 is 4.90 Å². The van der Waals surface area contributed by atoms with Crippen LogP contribution in [-0.2, 0) is 6.42 Å². The van der Waals surface area contributed by atoms with Crippen molar-refractivity contribution in [2.75, 3.05) is 31.1 Å². The quantitative estimate of drug-likeness (QED) is 0.442. The van der Waals surface area contributed by atoms with E-state index in [9.17, 15) is 4.79 Å². The van der Waals surface area contributed by atoms with Gasteiger partial charge in [-0.2, -0.15) is 0 Å². The number of nitrogens with zero attached hydrogens (tertiary/aromatic N) is 3. The number of benzene rings is 3. The fourth-order valence-electron chi connectivity index (χ4n) is 5.06. The second kappa shape index (κ2) is 10.3. The van der Waals surface area contributed by atoms with Crippen molar-refractivity contribution in [1.29, 1.82) is 0 Å². The van der Waals surface area contributed by atoms with Gasteiger partial charge in [0.15, 0.2) is 0 Å². The summed E-state index contributed by atoms with van der Waals surface area (Å²) in [7, 11) is 0. The van der Waals surface area contributed by atoms with Crippen molar-refractivity contribution in [3.63, 3.8) is 0 Å². The lowest BCUT2D eigenvalue weighted by atomic mass is 9.96. The number of nitrogens with one attached hydrogen (secondary N) is 1. The maximum atomic E-state index is 13.0. The number of rotatable bonds is 6. The molecule has 1 aliphatic heterocycles. The van der Waals surface area contributed by atoms with E-state index in [-0.39, 0.29) is 11.6 Å². The average molecular weight is 465 g/mol. The highest BCUT2D eigenvalue weighted by atomic mass is 16.1. The van der Waals surface area contributed by atoms with Crippen molar-refractivity contribution in [1.82, 2.24) is 14.9 Å². The lowest BCUT2D eigenvalue weighted by Gasteiger charge is -2.40. The molecule has 4 aromatic rings. The molecule has 0 spiro atoms. The maximum absolute atomic E-state index is 13.0. The number of aryl methyl sites for hydroxylation is 2. The van der Waals surface area contributed by atoms with E-state index in [0.717, 1.165) is 43.0 Å². The SMILES string of the molecule is Cc1cccc(Cc2c(C)nc(N3CCN(C(c4ccccc4)c4ccccc4)CC3)[nH]c2=O)c1. The van der Waals surface area contributed by atoms with Crippen LogP contribution in [-0.4, -0.2) is 41.0 Å². The summed E-state index contributed by atoms with van der Waals surface area (Å²) >= 11 is 0. The first kappa shape index (κ1) is 23.1. The summed E-state index contributed by atoms with van der Waals surface area (Å²) in [4.78, 5) is 25.6. The van der Waals surface area contributed by atoms with Crippen LogP contribution in [0.2, 0.25) is 0 Å². The van der Waals surface area contributed by atoms with Crippen LogP contribution in [0, 0.1) is 13.8 Å². The minimum atomic E-state index is -0.0390. The van der Waals surface area contributed by atoms with Gasteiger partial charge in [0, 0.05) is 38.2 Å². The van der Waals surface area contributed by atoms with Gasteiger partial charge in [-0.15, -0.1) is 0 Å². The molecule has 2 heterocycles. The molecule has 0 aliphatic carbocycles. The van der Waals surface area contributed by atoms with E-state index in [1.54, 1.807) is 0 Å². The Morgan fingerprint density at radius 3 is 2.03 bits per heavy atom. The second-order valence-electron chi connectivity index (χ2n) is 9.37. The topological polar surface area (TPSA) is 52.2 Å². The Morgan fingerprint density at radius 2 is 1.46 bits per heavy atom. The minimum Gasteiger partial charge on any atom is -0.340 e. The fourth-order valence-corrected chi connectivity index (χ4v) is 5.06. The molecule has 1 N–H and O–H groups in total. The number of aromatic amines is 1. The molecule has 5 heteroatoms. The van der Waals surface area contributed by atoms with Crippen LogP contribution in [0.25, 0.3) is 0 Å². The number of aromatic nitrogens is 2. The Labute approximate surface area is 207 Å². The zero-order valence-electron chi connectivity index (χ0n) is 20.4. The molecule has 0 amide bonds. The molecule has 1 aliphatic rings. The molecule has 5 nitrogen and oxygen atoms in total. The molecule has 3 aromatic carbocycles. The molecule has 1 aromatic heterocycles. The van der Waals surface area contributed by atoms with Crippen molar-refractivity contribution in [2.24, 2.45) is 0 Å². The number of hydrogen-bond acceptors (Lipinski definition) is 4. The van der Waals surface area contributed by atoms with E-state index in [1.807, 2.05) is 13.0 Å². The van der Waals surface area contributed by atoms with Gasteiger partial charge in [0.05, 0.1) is 11.7 Å². The molecule has 0 radical (unpaired) electrons. The smallest absolute Gasteiger partial charge is 0.256 e. The Balaban J connectivity index is 1.33. The fraction of sp³-hybridized carbons (Fsp3) is 0.267. The van der Waals surface area contributed by atoms with Gasteiger partial charge in [-0.1, -0.05) is 90.5 Å². The van der Waals surface area contributed by atoms with Crippen LogP contribution in [0.5, 0.6) is 0 Å². The Kier molecular flexibility index (Phi) is 6.77. The standard InChI is InChI=1S/C30H32N4O/c1-22-10-9-11-24(20-22)21-27-23(2)31-30(32-29(27)35)34-18-16-33(17-19-34)28(25-12-5-3-6-13-25)26-14-7-4-8-15-26/h3-15,20,28H,16-19,21H2,1-2H3,(H,31,32,35). The van der Waals surface area contributed by atoms with Gasteiger partial charge in [0.2, 0.25) is 5.95 Å². The van der Waals surface area contributed by atoms with Gasteiger partial charge in [-0.3, -0.25) is 14.7 Å². The van der Waals surface area contributed by atoms with Crippen LogP contribution in [0.4, 0.5) is 5.95 Å². The van der Waals surface area contributed by atoms with Crippen LogP contribution in [0.3, 0.4) is 0 Å². The molecule has 0 bridgehead atoms. The number of anilines is 1. The summed E-state index contributed by atoms with van der Waals surface area (Å²) in [6, 6.07) is 29.9. The van der Waals surface area contributed by atoms with E-state index in [1.165, 1.54) is 16.7 Å². The van der Waals surface area contributed by atoms with Crippen LogP contribution in [0.15, 0.2) is 89.7 Å². The summed E-state index contributed by atoms with van der Waals surface area (Å²) in [5, 5.41) is 0. The predicted molar refractivity (Wildman–Crippen MR) is 142 cm³/mol. The molecule has 0 saturated carbocycles. The lowest BCUT2D eigenvalue weighted by Crippen LogP contribution is -2.48. The van der Waals surface area contributed by atoms with Crippen LogP contribution in [0.1, 0.15) is 39.6 Å². The third-order valence-electron chi connectivity index (χ3n) is 6.88. The summed E-state index contributed by atoms with van der Waals surface area (Å²) in [6.07, 6.45) is 0.597. The Morgan fingerprint density at radius 1 is 0.829 bits per heavy atom. The van der Waals surface area contributed by atoms with E-state index >= 15 is 0 Å². The summed E-state index contributed by atoms with van der Waals surface area (Å²) in [5.41, 5.74) is 6.44. The van der Waals surface area contributed by atoms with Crippen LogP contribution < -0.4 is 10.5 Å². The average Bonchev–Trinajstić information content (AvgIpc) is 2.88. The monoisotopic (exact) mass is 464 g/mol. The molecular weight excluding hydrogens is 432 g/mol. The van der Waals surface area contributed by atoms with Crippen molar-refractivity contribution in [3.05, 3.63) is 129 Å². The van der Waals surface area contributed by atoms with E-state index in [0.29, 0.717) is 12.4 Å². The minimum absolute atomic E-state index is 0.0390.